The Morgan fingerprint density at radius 2 is 2.16 bits per heavy atom. The molecule has 108 valence electrons. The highest BCUT2D eigenvalue weighted by Gasteiger charge is 2.54. The second-order valence-corrected chi connectivity index (χ2v) is 6.45. The van der Waals surface area contributed by atoms with E-state index in [2.05, 4.69) is 19.2 Å². The fraction of sp³-hybridized carbons (Fsp3) is 0.875. The van der Waals surface area contributed by atoms with Crippen LogP contribution in [0.3, 0.4) is 0 Å². The SMILES string of the molecule is CCCCCCC(C)C(=O)C1CCC12CCC(=O)N2. The second kappa shape index (κ2) is 6.06. The average molecular weight is 265 g/mol. The third-order valence-electron chi connectivity index (χ3n) is 5.05. The van der Waals surface area contributed by atoms with Gasteiger partial charge in [0.05, 0.1) is 5.54 Å². The van der Waals surface area contributed by atoms with Gasteiger partial charge >= 0.3 is 0 Å². The summed E-state index contributed by atoms with van der Waals surface area (Å²) in [7, 11) is 0. The topological polar surface area (TPSA) is 46.2 Å². The number of carbonyl (C=O) groups excluding carboxylic acids is 2. The van der Waals surface area contributed by atoms with Crippen molar-refractivity contribution in [1.29, 1.82) is 0 Å². The maximum absolute atomic E-state index is 12.5. The molecule has 1 saturated heterocycles. The number of unbranched alkanes of at least 4 members (excludes halogenated alkanes) is 3. The van der Waals surface area contributed by atoms with E-state index in [0.717, 1.165) is 32.1 Å². The predicted octanol–water partition coefficient (Wildman–Crippen LogP) is 3.22. The van der Waals surface area contributed by atoms with E-state index in [4.69, 9.17) is 0 Å². The van der Waals surface area contributed by atoms with E-state index in [1.807, 2.05) is 0 Å². The Morgan fingerprint density at radius 3 is 2.68 bits per heavy atom. The van der Waals surface area contributed by atoms with Crippen molar-refractivity contribution in [2.75, 3.05) is 0 Å². The molecular weight excluding hydrogens is 238 g/mol. The van der Waals surface area contributed by atoms with Gasteiger partial charge in [0.25, 0.3) is 0 Å². The molecule has 3 atom stereocenters. The number of Topliss-reactive ketones (excluding diaryl/α,β-unsaturated/α-hetero) is 1. The van der Waals surface area contributed by atoms with Gasteiger partial charge in [0.15, 0.2) is 0 Å². The van der Waals surface area contributed by atoms with Crippen LogP contribution < -0.4 is 5.32 Å². The van der Waals surface area contributed by atoms with Gasteiger partial charge in [0, 0.05) is 18.3 Å². The first-order valence-electron chi connectivity index (χ1n) is 7.94. The molecule has 3 heteroatoms. The number of carbonyl (C=O) groups is 2. The summed E-state index contributed by atoms with van der Waals surface area (Å²) >= 11 is 0. The van der Waals surface area contributed by atoms with Crippen LogP contribution in [0, 0.1) is 11.8 Å². The van der Waals surface area contributed by atoms with E-state index >= 15 is 0 Å². The molecule has 2 fully saturated rings. The van der Waals surface area contributed by atoms with Crippen molar-refractivity contribution in [3.8, 4) is 0 Å². The van der Waals surface area contributed by atoms with Gasteiger partial charge in [-0.3, -0.25) is 9.59 Å². The zero-order chi connectivity index (χ0) is 13.9. The summed E-state index contributed by atoms with van der Waals surface area (Å²) in [5.41, 5.74) is -0.147. The zero-order valence-electron chi connectivity index (χ0n) is 12.3. The third-order valence-corrected chi connectivity index (χ3v) is 5.05. The fourth-order valence-electron chi connectivity index (χ4n) is 3.60. The molecule has 1 saturated carbocycles. The van der Waals surface area contributed by atoms with Crippen LogP contribution in [-0.2, 0) is 9.59 Å². The van der Waals surface area contributed by atoms with Crippen molar-refractivity contribution in [2.24, 2.45) is 11.8 Å². The molecule has 0 bridgehead atoms. The average Bonchev–Trinajstić information content (AvgIpc) is 2.77. The van der Waals surface area contributed by atoms with E-state index in [9.17, 15) is 9.59 Å². The molecule has 1 N–H and O–H groups in total. The summed E-state index contributed by atoms with van der Waals surface area (Å²) < 4.78 is 0. The number of hydrogen-bond donors (Lipinski definition) is 1. The first-order valence-corrected chi connectivity index (χ1v) is 7.94. The summed E-state index contributed by atoms with van der Waals surface area (Å²) in [5.74, 6) is 0.787. The van der Waals surface area contributed by atoms with E-state index in [0.29, 0.717) is 12.2 Å². The van der Waals surface area contributed by atoms with Crippen molar-refractivity contribution in [2.45, 2.75) is 77.2 Å². The van der Waals surface area contributed by atoms with Gasteiger partial charge in [0.2, 0.25) is 5.91 Å². The maximum Gasteiger partial charge on any atom is 0.220 e. The molecule has 0 aromatic rings. The van der Waals surface area contributed by atoms with Crippen LogP contribution in [0.4, 0.5) is 0 Å². The van der Waals surface area contributed by atoms with E-state index in [1.54, 1.807) is 0 Å². The molecule has 2 rings (SSSR count). The predicted molar refractivity (Wildman–Crippen MR) is 75.8 cm³/mol. The Kier molecular flexibility index (Phi) is 4.64. The largest absolute Gasteiger partial charge is 0.350 e. The van der Waals surface area contributed by atoms with Crippen LogP contribution in [0.25, 0.3) is 0 Å². The van der Waals surface area contributed by atoms with Gasteiger partial charge in [-0.25, -0.2) is 0 Å². The van der Waals surface area contributed by atoms with Gasteiger partial charge in [-0.05, 0) is 25.7 Å². The summed E-state index contributed by atoms with van der Waals surface area (Å²) in [6, 6.07) is 0. The van der Waals surface area contributed by atoms with Gasteiger partial charge in [-0.1, -0.05) is 39.5 Å². The summed E-state index contributed by atoms with van der Waals surface area (Å²) in [4.78, 5) is 23.9. The fourth-order valence-corrected chi connectivity index (χ4v) is 3.60. The van der Waals surface area contributed by atoms with Crippen LogP contribution in [0.5, 0.6) is 0 Å². The van der Waals surface area contributed by atoms with E-state index in [1.165, 1.54) is 19.3 Å². The lowest BCUT2D eigenvalue weighted by Gasteiger charge is -2.46. The Bertz CT molecular complexity index is 353. The zero-order valence-corrected chi connectivity index (χ0v) is 12.3. The van der Waals surface area contributed by atoms with Crippen LogP contribution >= 0.6 is 0 Å². The van der Waals surface area contributed by atoms with Gasteiger partial charge < -0.3 is 5.32 Å². The molecule has 1 heterocycles. The Morgan fingerprint density at radius 1 is 1.37 bits per heavy atom. The van der Waals surface area contributed by atoms with Crippen molar-refractivity contribution in [1.82, 2.24) is 5.32 Å². The minimum absolute atomic E-state index is 0.0973. The van der Waals surface area contributed by atoms with Crippen molar-refractivity contribution in [3.63, 3.8) is 0 Å². The molecule has 0 aromatic heterocycles. The summed E-state index contributed by atoms with van der Waals surface area (Å²) in [5, 5.41) is 3.07. The van der Waals surface area contributed by atoms with Crippen molar-refractivity contribution < 1.29 is 9.59 Å². The van der Waals surface area contributed by atoms with E-state index < -0.39 is 0 Å². The third kappa shape index (κ3) is 3.01. The van der Waals surface area contributed by atoms with E-state index in [-0.39, 0.29) is 23.3 Å². The molecule has 3 nitrogen and oxygen atoms in total. The molecule has 2 aliphatic rings. The van der Waals surface area contributed by atoms with Crippen LogP contribution in [0.1, 0.15) is 71.6 Å². The molecule has 1 aliphatic carbocycles. The minimum atomic E-state index is -0.147. The molecule has 0 radical (unpaired) electrons. The lowest BCUT2D eigenvalue weighted by atomic mass is 9.62. The molecule has 1 aliphatic heterocycles. The molecule has 3 unspecified atom stereocenters. The van der Waals surface area contributed by atoms with Gasteiger partial charge in [-0.2, -0.15) is 0 Å². The molecule has 0 aromatic carbocycles. The Hall–Kier alpha value is -0.860. The minimum Gasteiger partial charge on any atom is -0.350 e. The van der Waals surface area contributed by atoms with Crippen molar-refractivity contribution >= 4 is 11.7 Å². The second-order valence-electron chi connectivity index (χ2n) is 6.45. The quantitative estimate of drug-likeness (QED) is 0.718. The summed E-state index contributed by atoms with van der Waals surface area (Å²) in [6.45, 7) is 4.27. The lowest BCUT2D eigenvalue weighted by molar-refractivity contribution is -0.134. The molecule has 1 spiro atoms. The highest BCUT2D eigenvalue weighted by molar-refractivity contribution is 5.88. The number of nitrogens with one attached hydrogen (secondary N) is 1. The van der Waals surface area contributed by atoms with Crippen molar-refractivity contribution in [3.05, 3.63) is 0 Å². The summed E-state index contributed by atoms with van der Waals surface area (Å²) in [6.07, 6.45) is 9.35. The normalized spacial score (nSPS) is 31.1. The van der Waals surface area contributed by atoms with Crippen LogP contribution in [-0.4, -0.2) is 17.2 Å². The highest BCUT2D eigenvalue weighted by Crippen LogP contribution is 2.46. The van der Waals surface area contributed by atoms with Crippen LogP contribution in [0.15, 0.2) is 0 Å². The number of hydrogen-bond acceptors (Lipinski definition) is 2. The molecular formula is C16H27NO2. The maximum atomic E-state index is 12.5. The molecule has 19 heavy (non-hydrogen) atoms. The smallest absolute Gasteiger partial charge is 0.220 e. The number of rotatable bonds is 7. The highest BCUT2D eigenvalue weighted by atomic mass is 16.2. The monoisotopic (exact) mass is 265 g/mol. The first-order chi connectivity index (χ1) is 9.09. The number of amides is 1. The lowest BCUT2D eigenvalue weighted by Crippen LogP contribution is -2.59. The standard InChI is InChI=1S/C16H27NO2/c1-3-4-5-6-7-12(2)15(19)13-8-10-16(13)11-9-14(18)17-16/h12-13H,3-11H2,1-2H3,(H,17,18). The van der Waals surface area contributed by atoms with Gasteiger partial charge in [0.1, 0.15) is 5.78 Å². The first kappa shape index (κ1) is 14.5. The van der Waals surface area contributed by atoms with Crippen LogP contribution in [0.2, 0.25) is 0 Å². The Balaban J connectivity index is 1.81. The Labute approximate surface area is 116 Å². The molecule has 1 amide bonds. The number of ketones is 1. The van der Waals surface area contributed by atoms with Gasteiger partial charge in [-0.15, -0.1) is 0 Å².